The first-order valence-corrected chi connectivity index (χ1v) is 7.63. The molecule has 0 unspecified atom stereocenters. The minimum atomic E-state index is 0.152. The Hall–Kier alpha value is -2.16. The summed E-state index contributed by atoms with van der Waals surface area (Å²) < 4.78 is 5.15. The van der Waals surface area contributed by atoms with Crippen LogP contribution in [0.4, 0.5) is 5.69 Å². The molecule has 0 heterocycles. The SMILES string of the molecule is COc1ccc(N=C2C=C(C(C)C)C(=O)C(C(C)C)=C2)cc1. The summed E-state index contributed by atoms with van der Waals surface area (Å²) in [4.78, 5) is 17.1. The van der Waals surface area contributed by atoms with Gasteiger partial charge >= 0.3 is 0 Å². The van der Waals surface area contributed by atoms with E-state index in [1.807, 2.05) is 64.1 Å². The predicted octanol–water partition coefficient (Wildman–Crippen LogP) is 4.52. The van der Waals surface area contributed by atoms with Crippen molar-refractivity contribution in [3.05, 3.63) is 47.6 Å². The lowest BCUT2D eigenvalue weighted by molar-refractivity contribution is -0.113. The Morgan fingerprint density at radius 1 is 0.909 bits per heavy atom. The molecule has 3 nitrogen and oxygen atoms in total. The fourth-order valence-electron chi connectivity index (χ4n) is 2.39. The second kappa shape index (κ2) is 6.73. The van der Waals surface area contributed by atoms with Crippen molar-refractivity contribution in [2.75, 3.05) is 7.11 Å². The summed E-state index contributed by atoms with van der Waals surface area (Å²) in [7, 11) is 1.64. The van der Waals surface area contributed by atoms with Crippen LogP contribution in [0.5, 0.6) is 5.75 Å². The van der Waals surface area contributed by atoms with E-state index in [0.717, 1.165) is 28.3 Å². The largest absolute Gasteiger partial charge is 0.497 e. The summed E-state index contributed by atoms with van der Waals surface area (Å²) in [5.74, 6) is 1.34. The zero-order valence-corrected chi connectivity index (χ0v) is 13.9. The number of hydrogen-bond acceptors (Lipinski definition) is 3. The van der Waals surface area contributed by atoms with Crippen molar-refractivity contribution in [3.63, 3.8) is 0 Å². The van der Waals surface area contributed by atoms with E-state index in [2.05, 4.69) is 4.99 Å². The third kappa shape index (κ3) is 3.53. The maximum absolute atomic E-state index is 12.5. The van der Waals surface area contributed by atoms with Gasteiger partial charge < -0.3 is 4.74 Å². The van der Waals surface area contributed by atoms with Crippen molar-refractivity contribution in [3.8, 4) is 5.75 Å². The molecule has 1 aromatic carbocycles. The van der Waals surface area contributed by atoms with Crippen LogP contribution >= 0.6 is 0 Å². The van der Waals surface area contributed by atoms with Crippen LogP contribution in [-0.4, -0.2) is 18.6 Å². The molecule has 0 fully saturated rings. The highest BCUT2D eigenvalue weighted by molar-refractivity contribution is 6.22. The van der Waals surface area contributed by atoms with Crippen LogP contribution in [0.15, 0.2) is 52.6 Å². The van der Waals surface area contributed by atoms with Crippen LogP contribution in [0.2, 0.25) is 0 Å². The number of allylic oxidation sites excluding steroid dienone is 4. The molecule has 0 bridgehead atoms. The Bertz CT molecular complexity index is 617. The van der Waals surface area contributed by atoms with Gasteiger partial charge in [-0.2, -0.15) is 0 Å². The van der Waals surface area contributed by atoms with E-state index in [0.29, 0.717) is 0 Å². The molecule has 22 heavy (non-hydrogen) atoms. The quantitative estimate of drug-likeness (QED) is 0.767. The molecule has 3 heteroatoms. The molecule has 1 aromatic rings. The number of aliphatic imine (C=N–C) groups is 1. The number of rotatable bonds is 4. The first-order valence-electron chi connectivity index (χ1n) is 7.63. The fraction of sp³-hybridized carbons (Fsp3) is 0.368. The number of carbonyl (C=O) groups excluding carboxylic acids is 1. The van der Waals surface area contributed by atoms with Gasteiger partial charge in [-0.15, -0.1) is 0 Å². The van der Waals surface area contributed by atoms with Crippen LogP contribution < -0.4 is 4.74 Å². The molecule has 1 aliphatic carbocycles. The van der Waals surface area contributed by atoms with E-state index in [1.54, 1.807) is 7.11 Å². The Balaban J connectivity index is 2.42. The van der Waals surface area contributed by atoms with Crippen LogP contribution in [0.25, 0.3) is 0 Å². The van der Waals surface area contributed by atoms with Gasteiger partial charge in [0.05, 0.1) is 18.5 Å². The first-order chi connectivity index (χ1) is 10.4. The summed E-state index contributed by atoms with van der Waals surface area (Å²) in [6, 6.07) is 7.59. The molecule has 0 radical (unpaired) electrons. The summed E-state index contributed by atoms with van der Waals surface area (Å²) in [6.45, 7) is 8.16. The number of Topliss-reactive ketones (excluding diaryl/α,β-unsaturated/α-hetero) is 1. The van der Waals surface area contributed by atoms with Gasteiger partial charge in [0.1, 0.15) is 5.75 Å². The number of methoxy groups -OCH3 is 1. The molecular formula is C19H23NO2. The van der Waals surface area contributed by atoms with Gasteiger partial charge in [-0.05, 0) is 48.3 Å². The Morgan fingerprint density at radius 3 is 1.82 bits per heavy atom. The smallest absolute Gasteiger partial charge is 0.185 e. The average Bonchev–Trinajstić information content (AvgIpc) is 2.49. The number of benzene rings is 1. The summed E-state index contributed by atoms with van der Waals surface area (Å²) in [5.41, 5.74) is 3.35. The molecule has 2 rings (SSSR count). The van der Waals surface area contributed by atoms with Gasteiger partial charge in [-0.1, -0.05) is 27.7 Å². The summed E-state index contributed by atoms with van der Waals surface area (Å²) >= 11 is 0. The Kier molecular flexibility index (Phi) is 4.96. The molecular weight excluding hydrogens is 274 g/mol. The Labute approximate surface area is 132 Å². The molecule has 1 aliphatic rings. The number of carbonyl (C=O) groups is 1. The maximum Gasteiger partial charge on any atom is 0.185 e. The lowest BCUT2D eigenvalue weighted by atomic mass is 9.84. The van der Waals surface area contributed by atoms with Crippen molar-refractivity contribution < 1.29 is 9.53 Å². The standard InChI is InChI=1S/C19H23NO2/c1-12(2)17-10-15(11-18(13(3)4)19(17)21)20-14-6-8-16(22-5)9-7-14/h6-13H,1-5H3. The molecule has 0 saturated heterocycles. The van der Waals surface area contributed by atoms with E-state index in [9.17, 15) is 4.79 Å². The highest BCUT2D eigenvalue weighted by atomic mass is 16.5. The molecule has 0 saturated carbocycles. The molecule has 0 amide bonds. The van der Waals surface area contributed by atoms with E-state index < -0.39 is 0 Å². The molecule has 0 N–H and O–H groups in total. The average molecular weight is 297 g/mol. The summed E-state index contributed by atoms with van der Waals surface area (Å²) in [6.07, 6.45) is 3.81. The monoisotopic (exact) mass is 297 g/mol. The molecule has 0 aliphatic heterocycles. The van der Waals surface area contributed by atoms with Crippen LogP contribution in [0.1, 0.15) is 27.7 Å². The van der Waals surface area contributed by atoms with Crippen LogP contribution in [0.3, 0.4) is 0 Å². The normalized spacial score (nSPS) is 15.0. The van der Waals surface area contributed by atoms with Gasteiger partial charge in [0.25, 0.3) is 0 Å². The van der Waals surface area contributed by atoms with Crippen LogP contribution in [-0.2, 0) is 4.79 Å². The molecule has 0 spiro atoms. The van der Waals surface area contributed by atoms with Crippen molar-refractivity contribution in [2.45, 2.75) is 27.7 Å². The molecule has 0 aromatic heterocycles. The van der Waals surface area contributed by atoms with E-state index in [1.165, 1.54) is 0 Å². The Morgan fingerprint density at radius 2 is 1.41 bits per heavy atom. The second-order valence-electron chi connectivity index (χ2n) is 6.07. The van der Waals surface area contributed by atoms with Crippen molar-refractivity contribution in [2.24, 2.45) is 16.8 Å². The number of hydrogen-bond donors (Lipinski definition) is 0. The highest BCUT2D eigenvalue weighted by Gasteiger charge is 2.24. The van der Waals surface area contributed by atoms with Gasteiger partial charge in [0.2, 0.25) is 0 Å². The zero-order chi connectivity index (χ0) is 16.3. The maximum atomic E-state index is 12.5. The van der Waals surface area contributed by atoms with Crippen molar-refractivity contribution in [1.29, 1.82) is 0 Å². The zero-order valence-electron chi connectivity index (χ0n) is 13.9. The summed E-state index contributed by atoms with van der Waals surface area (Å²) in [5, 5.41) is 0. The second-order valence-corrected chi connectivity index (χ2v) is 6.07. The van der Waals surface area contributed by atoms with E-state index >= 15 is 0 Å². The van der Waals surface area contributed by atoms with Gasteiger partial charge in [-0.3, -0.25) is 4.79 Å². The van der Waals surface area contributed by atoms with Crippen molar-refractivity contribution >= 4 is 17.2 Å². The lowest BCUT2D eigenvalue weighted by Crippen LogP contribution is -2.20. The minimum absolute atomic E-state index is 0.152. The van der Waals surface area contributed by atoms with Gasteiger partial charge in [0, 0.05) is 11.1 Å². The fourth-order valence-corrected chi connectivity index (χ4v) is 2.39. The molecule has 0 atom stereocenters. The number of ether oxygens (including phenoxy) is 1. The third-order valence-corrected chi connectivity index (χ3v) is 3.71. The topological polar surface area (TPSA) is 38.7 Å². The number of nitrogens with zero attached hydrogens (tertiary/aromatic N) is 1. The van der Waals surface area contributed by atoms with E-state index in [4.69, 9.17) is 4.74 Å². The molecule has 116 valence electrons. The first kappa shape index (κ1) is 16.2. The van der Waals surface area contributed by atoms with Crippen molar-refractivity contribution in [1.82, 2.24) is 0 Å². The van der Waals surface area contributed by atoms with Gasteiger partial charge in [-0.25, -0.2) is 4.99 Å². The van der Waals surface area contributed by atoms with Crippen LogP contribution in [0, 0.1) is 11.8 Å². The number of ketones is 1. The highest BCUT2D eigenvalue weighted by Crippen LogP contribution is 2.26. The van der Waals surface area contributed by atoms with Gasteiger partial charge in [0.15, 0.2) is 5.78 Å². The third-order valence-electron chi connectivity index (χ3n) is 3.71. The minimum Gasteiger partial charge on any atom is -0.497 e. The van der Waals surface area contributed by atoms with E-state index in [-0.39, 0.29) is 17.6 Å². The predicted molar refractivity (Wildman–Crippen MR) is 90.9 cm³/mol. The lowest BCUT2D eigenvalue weighted by Gasteiger charge is -2.20.